The lowest BCUT2D eigenvalue weighted by molar-refractivity contribution is 0.587. The first-order valence-corrected chi connectivity index (χ1v) is 8.46. The smallest absolute Gasteiger partial charge is 0.0500 e. The molecule has 0 radical (unpaired) electrons. The van der Waals surface area contributed by atoms with Gasteiger partial charge in [0.1, 0.15) is 0 Å². The van der Waals surface area contributed by atoms with E-state index in [1.54, 1.807) is 0 Å². The Balaban J connectivity index is 1.63. The maximum Gasteiger partial charge on any atom is 0.0500 e. The van der Waals surface area contributed by atoms with Gasteiger partial charge in [0.25, 0.3) is 0 Å². The molecule has 23 heavy (non-hydrogen) atoms. The maximum atomic E-state index is 3.66. The SMILES string of the molecule is c1ccc(C2CCc3c(ccc4c3[nH]c3ccccc34)C2)cc1. The lowest BCUT2D eigenvalue weighted by Crippen LogP contribution is -2.13. The minimum atomic E-state index is 0.658. The summed E-state index contributed by atoms with van der Waals surface area (Å²) >= 11 is 0. The predicted molar refractivity (Wildman–Crippen MR) is 97.0 cm³/mol. The topological polar surface area (TPSA) is 15.8 Å². The highest BCUT2D eigenvalue weighted by Gasteiger charge is 2.22. The minimum Gasteiger partial charge on any atom is -0.354 e. The third-order valence-electron chi connectivity index (χ3n) is 5.37. The van der Waals surface area contributed by atoms with Crippen LogP contribution in [0.15, 0.2) is 66.7 Å². The van der Waals surface area contributed by atoms with Crippen LogP contribution in [0.2, 0.25) is 0 Å². The number of hydrogen-bond donors (Lipinski definition) is 1. The van der Waals surface area contributed by atoms with E-state index in [2.05, 4.69) is 71.7 Å². The number of nitrogens with one attached hydrogen (secondary N) is 1. The van der Waals surface area contributed by atoms with Gasteiger partial charge >= 0.3 is 0 Å². The zero-order valence-corrected chi connectivity index (χ0v) is 13.0. The number of benzene rings is 3. The molecule has 0 saturated carbocycles. The molecule has 3 aromatic carbocycles. The van der Waals surface area contributed by atoms with Crippen molar-refractivity contribution in [2.45, 2.75) is 25.2 Å². The molecule has 1 atom stereocenters. The van der Waals surface area contributed by atoms with Gasteiger partial charge in [-0.05, 0) is 47.9 Å². The summed E-state index contributed by atoms with van der Waals surface area (Å²) in [4.78, 5) is 3.66. The zero-order valence-electron chi connectivity index (χ0n) is 13.0. The molecule has 1 aromatic heterocycles. The van der Waals surface area contributed by atoms with Gasteiger partial charge in [-0.3, -0.25) is 0 Å². The molecule has 0 amide bonds. The summed E-state index contributed by atoms with van der Waals surface area (Å²) in [7, 11) is 0. The molecule has 0 fully saturated rings. The van der Waals surface area contributed by atoms with E-state index < -0.39 is 0 Å². The molecule has 112 valence electrons. The van der Waals surface area contributed by atoms with Gasteiger partial charge < -0.3 is 4.98 Å². The van der Waals surface area contributed by atoms with Gasteiger partial charge in [-0.1, -0.05) is 60.7 Å². The Morgan fingerprint density at radius 1 is 0.783 bits per heavy atom. The monoisotopic (exact) mass is 297 g/mol. The van der Waals surface area contributed by atoms with Crippen LogP contribution in [-0.4, -0.2) is 4.98 Å². The molecule has 0 spiro atoms. The van der Waals surface area contributed by atoms with E-state index in [4.69, 9.17) is 0 Å². The van der Waals surface area contributed by atoms with E-state index in [-0.39, 0.29) is 0 Å². The third kappa shape index (κ3) is 2.00. The third-order valence-corrected chi connectivity index (χ3v) is 5.37. The summed E-state index contributed by atoms with van der Waals surface area (Å²) in [5.41, 5.74) is 7.14. The number of hydrogen-bond acceptors (Lipinski definition) is 0. The maximum absolute atomic E-state index is 3.66. The highest BCUT2D eigenvalue weighted by molar-refractivity contribution is 6.08. The van der Waals surface area contributed by atoms with Gasteiger partial charge in [-0.2, -0.15) is 0 Å². The van der Waals surface area contributed by atoms with Gasteiger partial charge in [0, 0.05) is 21.8 Å². The molecule has 0 aliphatic heterocycles. The number of H-pyrrole nitrogens is 1. The van der Waals surface area contributed by atoms with Gasteiger partial charge in [0.2, 0.25) is 0 Å². The summed E-state index contributed by atoms with van der Waals surface area (Å²) < 4.78 is 0. The van der Waals surface area contributed by atoms with Gasteiger partial charge in [0.15, 0.2) is 0 Å². The summed E-state index contributed by atoms with van der Waals surface area (Å²) in [6.45, 7) is 0. The summed E-state index contributed by atoms with van der Waals surface area (Å²) in [6, 6.07) is 24.3. The summed E-state index contributed by atoms with van der Waals surface area (Å²) in [5.74, 6) is 0.658. The number of para-hydroxylation sites is 1. The van der Waals surface area contributed by atoms with E-state index in [0.717, 1.165) is 6.42 Å². The van der Waals surface area contributed by atoms with Crippen molar-refractivity contribution in [1.82, 2.24) is 4.98 Å². The second kappa shape index (κ2) is 4.99. The van der Waals surface area contributed by atoms with Crippen LogP contribution in [0.5, 0.6) is 0 Å². The van der Waals surface area contributed by atoms with E-state index in [0.29, 0.717) is 5.92 Å². The average molecular weight is 297 g/mol. The molecule has 0 bridgehead atoms. The average Bonchev–Trinajstić information content (AvgIpc) is 3.01. The molecular weight excluding hydrogens is 278 g/mol. The molecule has 0 saturated heterocycles. The second-order valence-corrected chi connectivity index (χ2v) is 6.65. The number of rotatable bonds is 1. The first kappa shape index (κ1) is 13.0. The first-order valence-electron chi connectivity index (χ1n) is 8.46. The van der Waals surface area contributed by atoms with Crippen LogP contribution >= 0.6 is 0 Å². The standard InChI is InChI=1S/C22H19N/c1-2-6-15(7-3-1)16-10-12-18-17(14-16)11-13-20-19-8-4-5-9-21(19)23-22(18)20/h1-9,11,13,16,23H,10,12,14H2. The lowest BCUT2D eigenvalue weighted by atomic mass is 9.79. The zero-order chi connectivity index (χ0) is 15.2. The van der Waals surface area contributed by atoms with Crippen molar-refractivity contribution >= 4 is 21.8 Å². The van der Waals surface area contributed by atoms with Crippen molar-refractivity contribution in [3.63, 3.8) is 0 Å². The van der Waals surface area contributed by atoms with E-state index in [1.165, 1.54) is 51.3 Å². The van der Waals surface area contributed by atoms with Crippen molar-refractivity contribution in [3.8, 4) is 0 Å². The molecule has 4 aromatic rings. The quantitative estimate of drug-likeness (QED) is 0.471. The first-order chi connectivity index (χ1) is 11.4. The van der Waals surface area contributed by atoms with Crippen molar-refractivity contribution < 1.29 is 0 Å². The van der Waals surface area contributed by atoms with E-state index in [9.17, 15) is 0 Å². The van der Waals surface area contributed by atoms with Crippen LogP contribution in [0.1, 0.15) is 29.0 Å². The Morgan fingerprint density at radius 2 is 1.61 bits per heavy atom. The Labute approximate surface area is 136 Å². The number of aromatic nitrogens is 1. The molecule has 1 aliphatic carbocycles. The minimum absolute atomic E-state index is 0.658. The van der Waals surface area contributed by atoms with Crippen LogP contribution in [0.4, 0.5) is 0 Å². The molecule has 1 heterocycles. The van der Waals surface area contributed by atoms with Crippen LogP contribution < -0.4 is 0 Å². The number of aryl methyl sites for hydroxylation is 1. The largest absolute Gasteiger partial charge is 0.354 e. The second-order valence-electron chi connectivity index (χ2n) is 6.65. The summed E-state index contributed by atoms with van der Waals surface area (Å²) in [5, 5.41) is 2.72. The Morgan fingerprint density at radius 3 is 2.52 bits per heavy atom. The Kier molecular flexibility index (Phi) is 2.81. The van der Waals surface area contributed by atoms with Crippen LogP contribution in [0.25, 0.3) is 21.8 Å². The molecule has 1 unspecified atom stereocenters. The van der Waals surface area contributed by atoms with Gasteiger partial charge in [-0.25, -0.2) is 0 Å². The highest BCUT2D eigenvalue weighted by atomic mass is 14.7. The fourth-order valence-electron chi connectivity index (χ4n) is 4.19. The molecule has 1 heteroatoms. The molecule has 1 nitrogen and oxygen atoms in total. The lowest BCUT2D eigenvalue weighted by Gasteiger charge is -2.25. The fourth-order valence-corrected chi connectivity index (χ4v) is 4.19. The van der Waals surface area contributed by atoms with Crippen molar-refractivity contribution in [2.75, 3.05) is 0 Å². The normalized spacial score (nSPS) is 17.5. The molecule has 1 N–H and O–H groups in total. The predicted octanol–water partition coefficient (Wildman–Crippen LogP) is 5.59. The molecule has 5 rings (SSSR count). The molecular formula is C22H19N. The summed E-state index contributed by atoms with van der Waals surface area (Å²) in [6.07, 6.45) is 3.56. The van der Waals surface area contributed by atoms with Crippen LogP contribution in [0.3, 0.4) is 0 Å². The van der Waals surface area contributed by atoms with Crippen molar-refractivity contribution in [1.29, 1.82) is 0 Å². The van der Waals surface area contributed by atoms with E-state index in [1.807, 2.05) is 0 Å². The van der Waals surface area contributed by atoms with Crippen molar-refractivity contribution in [3.05, 3.63) is 83.4 Å². The van der Waals surface area contributed by atoms with Crippen LogP contribution in [-0.2, 0) is 12.8 Å². The Bertz CT molecular complexity index is 995. The van der Waals surface area contributed by atoms with Crippen molar-refractivity contribution in [2.24, 2.45) is 0 Å². The highest BCUT2D eigenvalue weighted by Crippen LogP contribution is 2.37. The number of aromatic amines is 1. The fraction of sp³-hybridized carbons (Fsp3) is 0.182. The van der Waals surface area contributed by atoms with Gasteiger partial charge in [0.05, 0.1) is 0 Å². The van der Waals surface area contributed by atoms with Crippen LogP contribution in [0, 0.1) is 0 Å². The van der Waals surface area contributed by atoms with Gasteiger partial charge in [-0.15, -0.1) is 0 Å². The number of fused-ring (bicyclic) bond motifs is 5. The Hall–Kier alpha value is -2.54. The molecule has 1 aliphatic rings. The van der Waals surface area contributed by atoms with E-state index >= 15 is 0 Å².